The minimum absolute atomic E-state index is 0.297. The summed E-state index contributed by atoms with van der Waals surface area (Å²) in [5.74, 6) is -0.297. The number of halogens is 3. The molecule has 1 unspecified atom stereocenters. The summed E-state index contributed by atoms with van der Waals surface area (Å²) < 4.78 is 14.9. The zero-order valence-corrected chi connectivity index (χ0v) is 12.6. The van der Waals surface area contributed by atoms with Crippen molar-refractivity contribution in [1.82, 2.24) is 0 Å². The first-order valence-electron chi connectivity index (χ1n) is 5.44. The molecule has 0 radical (unpaired) electrons. The van der Waals surface area contributed by atoms with Crippen LogP contribution in [0.25, 0.3) is 0 Å². The second-order valence-electron chi connectivity index (χ2n) is 4.01. The molecule has 0 aliphatic heterocycles. The van der Waals surface area contributed by atoms with E-state index in [9.17, 15) is 9.50 Å². The molecule has 0 aliphatic rings. The first-order valence-corrected chi connectivity index (χ1v) is 7.02. The standard InChI is InChI=1S/C14H11Br2FO/c15-11-3-1-2-9(6-11)14(18)8-10-7-12(17)4-5-13(10)16/h1-7,14,18H,8H2. The van der Waals surface area contributed by atoms with Gasteiger partial charge in [0.1, 0.15) is 5.82 Å². The maximum atomic E-state index is 13.2. The van der Waals surface area contributed by atoms with Gasteiger partial charge >= 0.3 is 0 Å². The average Bonchev–Trinajstić information content (AvgIpc) is 2.34. The van der Waals surface area contributed by atoms with Crippen LogP contribution >= 0.6 is 31.9 Å². The fourth-order valence-electron chi connectivity index (χ4n) is 1.74. The van der Waals surface area contributed by atoms with E-state index in [4.69, 9.17) is 0 Å². The second-order valence-corrected chi connectivity index (χ2v) is 5.78. The Morgan fingerprint density at radius 1 is 1.11 bits per heavy atom. The molecule has 1 N–H and O–H groups in total. The van der Waals surface area contributed by atoms with Crippen molar-refractivity contribution in [2.75, 3.05) is 0 Å². The van der Waals surface area contributed by atoms with Gasteiger partial charge in [-0.05, 0) is 41.5 Å². The molecule has 2 aromatic carbocycles. The number of benzene rings is 2. The Morgan fingerprint density at radius 2 is 1.89 bits per heavy atom. The molecule has 1 atom stereocenters. The number of rotatable bonds is 3. The zero-order chi connectivity index (χ0) is 13.1. The lowest BCUT2D eigenvalue weighted by molar-refractivity contribution is 0.178. The highest BCUT2D eigenvalue weighted by molar-refractivity contribution is 9.10. The van der Waals surface area contributed by atoms with E-state index in [1.807, 2.05) is 24.3 Å². The quantitative estimate of drug-likeness (QED) is 0.831. The normalized spacial score (nSPS) is 12.4. The monoisotopic (exact) mass is 372 g/mol. The summed E-state index contributed by atoms with van der Waals surface area (Å²) in [6, 6.07) is 11.9. The first kappa shape index (κ1) is 13.7. The van der Waals surface area contributed by atoms with Gasteiger partial charge in [-0.3, -0.25) is 0 Å². The summed E-state index contributed by atoms with van der Waals surface area (Å²) in [5, 5.41) is 10.1. The zero-order valence-electron chi connectivity index (χ0n) is 9.41. The molecule has 2 aromatic rings. The van der Waals surface area contributed by atoms with Gasteiger partial charge in [-0.25, -0.2) is 4.39 Å². The molecule has 0 aromatic heterocycles. The summed E-state index contributed by atoms with van der Waals surface area (Å²) >= 11 is 6.72. The lowest BCUT2D eigenvalue weighted by Gasteiger charge is -2.12. The van der Waals surface area contributed by atoms with Crippen molar-refractivity contribution in [3.8, 4) is 0 Å². The summed E-state index contributed by atoms with van der Waals surface area (Å²) in [6.07, 6.45) is -0.282. The lowest BCUT2D eigenvalue weighted by atomic mass is 10.0. The molecule has 2 rings (SSSR count). The van der Waals surface area contributed by atoms with E-state index in [1.54, 1.807) is 6.07 Å². The predicted octanol–water partition coefficient (Wildman–Crippen LogP) is 4.63. The van der Waals surface area contributed by atoms with Gasteiger partial charge in [0.25, 0.3) is 0 Å². The third kappa shape index (κ3) is 3.40. The fourth-order valence-corrected chi connectivity index (χ4v) is 2.57. The van der Waals surface area contributed by atoms with Gasteiger partial charge in [0.2, 0.25) is 0 Å². The van der Waals surface area contributed by atoms with Crippen molar-refractivity contribution in [2.24, 2.45) is 0 Å². The number of hydrogen-bond acceptors (Lipinski definition) is 1. The predicted molar refractivity (Wildman–Crippen MR) is 76.9 cm³/mol. The van der Waals surface area contributed by atoms with Crippen LogP contribution in [0.4, 0.5) is 4.39 Å². The van der Waals surface area contributed by atoms with E-state index in [1.165, 1.54) is 12.1 Å². The van der Waals surface area contributed by atoms with Crippen molar-refractivity contribution in [3.63, 3.8) is 0 Å². The molecule has 0 bridgehead atoms. The van der Waals surface area contributed by atoms with Crippen molar-refractivity contribution in [3.05, 3.63) is 68.4 Å². The molecule has 0 spiro atoms. The van der Waals surface area contributed by atoms with Crippen LogP contribution < -0.4 is 0 Å². The third-order valence-electron chi connectivity index (χ3n) is 2.65. The van der Waals surface area contributed by atoms with Gasteiger partial charge in [0.05, 0.1) is 6.10 Å². The minimum atomic E-state index is -0.652. The largest absolute Gasteiger partial charge is 0.388 e. The van der Waals surface area contributed by atoms with Crippen LogP contribution in [0.15, 0.2) is 51.4 Å². The topological polar surface area (TPSA) is 20.2 Å². The molecule has 0 saturated carbocycles. The molecule has 0 heterocycles. The molecular weight excluding hydrogens is 363 g/mol. The van der Waals surface area contributed by atoms with Crippen molar-refractivity contribution in [1.29, 1.82) is 0 Å². The van der Waals surface area contributed by atoms with E-state index in [2.05, 4.69) is 31.9 Å². The summed E-state index contributed by atoms with van der Waals surface area (Å²) in [6.45, 7) is 0. The number of aliphatic hydroxyl groups is 1. The highest BCUT2D eigenvalue weighted by Crippen LogP contribution is 2.26. The van der Waals surface area contributed by atoms with E-state index in [0.717, 1.165) is 20.1 Å². The van der Waals surface area contributed by atoms with Crippen LogP contribution in [0.2, 0.25) is 0 Å². The molecule has 0 amide bonds. The van der Waals surface area contributed by atoms with Crippen molar-refractivity contribution in [2.45, 2.75) is 12.5 Å². The SMILES string of the molecule is OC(Cc1cc(F)ccc1Br)c1cccc(Br)c1. The van der Waals surface area contributed by atoms with Crippen LogP contribution in [-0.2, 0) is 6.42 Å². The Hall–Kier alpha value is -0.710. The Kier molecular flexibility index (Phi) is 4.54. The molecule has 0 fully saturated rings. The smallest absolute Gasteiger partial charge is 0.123 e. The summed E-state index contributed by atoms with van der Waals surface area (Å²) in [7, 11) is 0. The Labute approximate surface area is 122 Å². The van der Waals surface area contributed by atoms with Gasteiger partial charge in [-0.2, -0.15) is 0 Å². The van der Waals surface area contributed by atoms with Crippen LogP contribution in [0.3, 0.4) is 0 Å². The third-order valence-corrected chi connectivity index (χ3v) is 3.92. The number of hydrogen-bond donors (Lipinski definition) is 1. The van der Waals surface area contributed by atoms with E-state index in [-0.39, 0.29) is 5.82 Å². The fraction of sp³-hybridized carbons (Fsp3) is 0.143. The molecule has 0 saturated heterocycles. The van der Waals surface area contributed by atoms with Gasteiger partial charge < -0.3 is 5.11 Å². The molecule has 0 aliphatic carbocycles. The van der Waals surface area contributed by atoms with Crippen LogP contribution in [-0.4, -0.2) is 5.11 Å². The van der Waals surface area contributed by atoms with Crippen LogP contribution in [0.1, 0.15) is 17.2 Å². The van der Waals surface area contributed by atoms with Gasteiger partial charge in [-0.15, -0.1) is 0 Å². The summed E-state index contributed by atoms with van der Waals surface area (Å²) in [5.41, 5.74) is 1.56. The maximum Gasteiger partial charge on any atom is 0.123 e. The Bertz CT molecular complexity index is 557. The molecule has 1 nitrogen and oxygen atoms in total. The summed E-state index contributed by atoms with van der Waals surface area (Å²) in [4.78, 5) is 0. The highest BCUT2D eigenvalue weighted by Gasteiger charge is 2.11. The Balaban J connectivity index is 2.21. The van der Waals surface area contributed by atoms with E-state index < -0.39 is 6.10 Å². The Morgan fingerprint density at radius 3 is 2.61 bits per heavy atom. The molecular formula is C14H11Br2FO. The van der Waals surface area contributed by atoms with Gasteiger partial charge in [-0.1, -0.05) is 44.0 Å². The van der Waals surface area contributed by atoms with Crippen molar-refractivity contribution < 1.29 is 9.50 Å². The maximum absolute atomic E-state index is 13.2. The minimum Gasteiger partial charge on any atom is -0.388 e. The van der Waals surface area contributed by atoms with Gasteiger partial charge in [0, 0.05) is 15.4 Å². The molecule has 18 heavy (non-hydrogen) atoms. The van der Waals surface area contributed by atoms with Gasteiger partial charge in [0.15, 0.2) is 0 Å². The molecule has 4 heteroatoms. The van der Waals surface area contributed by atoms with E-state index in [0.29, 0.717) is 6.42 Å². The molecule has 94 valence electrons. The van der Waals surface area contributed by atoms with Crippen LogP contribution in [0.5, 0.6) is 0 Å². The lowest BCUT2D eigenvalue weighted by Crippen LogP contribution is -2.02. The van der Waals surface area contributed by atoms with Crippen LogP contribution in [0, 0.1) is 5.82 Å². The van der Waals surface area contributed by atoms with E-state index >= 15 is 0 Å². The first-order chi connectivity index (χ1) is 8.56. The van der Waals surface area contributed by atoms with Crippen molar-refractivity contribution >= 4 is 31.9 Å². The number of aliphatic hydroxyl groups excluding tert-OH is 1. The second kappa shape index (κ2) is 5.95. The average molecular weight is 374 g/mol. The highest BCUT2D eigenvalue weighted by atomic mass is 79.9.